The van der Waals surface area contributed by atoms with Gasteiger partial charge in [0, 0.05) is 43.5 Å². The van der Waals surface area contributed by atoms with Gasteiger partial charge in [0.25, 0.3) is 0 Å². The molecule has 0 atom stereocenters. The third-order valence-electron chi connectivity index (χ3n) is 7.23. The first-order valence-electron chi connectivity index (χ1n) is 12.2. The van der Waals surface area contributed by atoms with Crippen molar-refractivity contribution in [3.05, 3.63) is 82.9 Å². The van der Waals surface area contributed by atoms with Crippen LogP contribution in [0.25, 0.3) is 11.1 Å². The molecule has 1 amide bonds. The molecule has 0 saturated carbocycles. The van der Waals surface area contributed by atoms with Gasteiger partial charge in [-0.15, -0.1) is 0 Å². The van der Waals surface area contributed by atoms with Crippen LogP contribution in [-0.4, -0.2) is 50.8 Å². The molecule has 1 fully saturated rings. The van der Waals surface area contributed by atoms with Crippen LogP contribution in [-0.2, 0) is 11.1 Å². The zero-order chi connectivity index (χ0) is 25.4. The van der Waals surface area contributed by atoms with Crippen LogP contribution < -0.4 is 62.0 Å². The number of piperazine rings is 1. The third-order valence-corrected chi connectivity index (χ3v) is 7.23. The standard InChI is InChI=1S/C27H28BF3N3O2.K/c1-18-19(16-28(29,30)31)14-20(15-26(18)32)33-10-12-34(13-11-33)27(35)36-17-25-23-8-4-2-6-21(23)22-7-3-5-9-24(22)25;/h2-9,14-15,25H,10-13,16-17,32H2,1H3;/q-1;+1. The number of anilines is 2. The van der Waals surface area contributed by atoms with Gasteiger partial charge in [-0.2, -0.15) is 0 Å². The summed E-state index contributed by atoms with van der Waals surface area (Å²) in [4.78, 5) is 16.5. The van der Waals surface area contributed by atoms with E-state index < -0.39 is 13.3 Å². The first-order valence-corrected chi connectivity index (χ1v) is 12.2. The molecule has 0 bridgehead atoms. The molecule has 2 aliphatic rings. The average Bonchev–Trinajstić information content (AvgIpc) is 3.18. The van der Waals surface area contributed by atoms with Crippen LogP contribution >= 0.6 is 0 Å². The molecule has 37 heavy (non-hydrogen) atoms. The third kappa shape index (κ3) is 6.04. The first-order chi connectivity index (χ1) is 17.2. The second-order valence-electron chi connectivity index (χ2n) is 9.51. The average molecular weight is 533 g/mol. The molecule has 0 radical (unpaired) electrons. The van der Waals surface area contributed by atoms with Gasteiger partial charge in [0.05, 0.1) is 0 Å². The molecule has 3 aromatic rings. The van der Waals surface area contributed by atoms with E-state index in [4.69, 9.17) is 10.5 Å². The molecule has 0 spiro atoms. The SMILES string of the molecule is Cc1c(N)cc(N2CCN(C(=O)OCC3c4ccccc4-c4ccccc43)CC2)cc1C[B-](F)(F)F.[K+]. The smallest absolute Gasteiger partial charge is 0.449 e. The van der Waals surface area contributed by atoms with Gasteiger partial charge < -0.3 is 33.2 Å². The minimum absolute atomic E-state index is 0. The Labute approximate surface area is 257 Å². The van der Waals surface area contributed by atoms with Crippen molar-refractivity contribution in [1.29, 1.82) is 0 Å². The normalized spacial score (nSPS) is 15.1. The van der Waals surface area contributed by atoms with Gasteiger partial charge in [-0.3, -0.25) is 0 Å². The van der Waals surface area contributed by atoms with Crippen LogP contribution in [0.5, 0.6) is 0 Å². The Hall–Kier alpha value is -1.98. The van der Waals surface area contributed by atoms with E-state index in [-0.39, 0.29) is 75.6 Å². The summed E-state index contributed by atoms with van der Waals surface area (Å²) in [5.41, 5.74) is 12.4. The number of nitrogens with two attached hydrogens (primary N) is 1. The van der Waals surface area contributed by atoms with E-state index in [2.05, 4.69) is 24.3 Å². The molecule has 10 heteroatoms. The van der Waals surface area contributed by atoms with Crippen LogP contribution in [0.3, 0.4) is 0 Å². The summed E-state index contributed by atoms with van der Waals surface area (Å²) in [7, 11) is 0. The molecule has 5 rings (SSSR count). The van der Waals surface area contributed by atoms with Crippen molar-refractivity contribution in [2.45, 2.75) is 19.2 Å². The molecule has 5 nitrogen and oxygen atoms in total. The maximum atomic E-state index is 13.1. The van der Waals surface area contributed by atoms with Gasteiger partial charge in [0.2, 0.25) is 0 Å². The molecule has 2 N–H and O–H groups in total. The van der Waals surface area contributed by atoms with E-state index in [1.165, 1.54) is 11.1 Å². The van der Waals surface area contributed by atoms with Gasteiger partial charge in [-0.25, -0.2) is 4.79 Å². The van der Waals surface area contributed by atoms with Crippen LogP contribution in [0.1, 0.15) is 28.2 Å². The van der Waals surface area contributed by atoms with Crippen molar-refractivity contribution in [3.63, 3.8) is 0 Å². The van der Waals surface area contributed by atoms with Crippen molar-refractivity contribution in [2.24, 2.45) is 0 Å². The number of ether oxygens (including phenoxy) is 1. The van der Waals surface area contributed by atoms with E-state index in [9.17, 15) is 17.7 Å². The Bertz CT molecular complexity index is 1250. The van der Waals surface area contributed by atoms with Crippen LogP contribution in [0, 0.1) is 6.92 Å². The summed E-state index contributed by atoms with van der Waals surface area (Å²) in [6.45, 7) is -1.27. The number of benzene rings is 3. The fourth-order valence-electron chi connectivity index (χ4n) is 5.26. The van der Waals surface area contributed by atoms with E-state index in [1.807, 2.05) is 29.2 Å². The number of carbonyl (C=O) groups excluding carboxylic acids is 1. The zero-order valence-electron chi connectivity index (χ0n) is 21.1. The number of nitrogen functional groups attached to an aromatic ring is 1. The van der Waals surface area contributed by atoms with Gasteiger partial charge >= 0.3 is 64.5 Å². The maximum absolute atomic E-state index is 13.1. The largest absolute Gasteiger partial charge is 1.00 e. The molecular formula is C27H28BF3KN3O2. The summed E-state index contributed by atoms with van der Waals surface area (Å²) >= 11 is 0. The van der Waals surface area contributed by atoms with E-state index in [0.717, 1.165) is 11.1 Å². The number of hydrogen-bond acceptors (Lipinski definition) is 4. The van der Waals surface area contributed by atoms with Crippen molar-refractivity contribution < 1.29 is 73.9 Å². The molecule has 1 saturated heterocycles. The van der Waals surface area contributed by atoms with E-state index >= 15 is 0 Å². The van der Waals surface area contributed by atoms with Crippen LogP contribution in [0.4, 0.5) is 29.1 Å². The zero-order valence-corrected chi connectivity index (χ0v) is 24.2. The number of carbonyl (C=O) groups is 1. The minimum Gasteiger partial charge on any atom is -0.449 e. The topological polar surface area (TPSA) is 58.8 Å². The molecule has 188 valence electrons. The second kappa shape index (κ2) is 11.4. The Morgan fingerprint density at radius 1 is 0.973 bits per heavy atom. The number of halogens is 3. The predicted octanol–water partition coefficient (Wildman–Crippen LogP) is 2.58. The Kier molecular flexibility index (Phi) is 8.65. The van der Waals surface area contributed by atoms with Gasteiger partial charge in [-0.1, -0.05) is 60.4 Å². The number of rotatable bonds is 5. The molecule has 1 aliphatic heterocycles. The van der Waals surface area contributed by atoms with Crippen molar-refractivity contribution >= 4 is 24.4 Å². The van der Waals surface area contributed by atoms with Crippen molar-refractivity contribution in [3.8, 4) is 11.1 Å². The minimum atomic E-state index is -4.96. The number of hydrogen-bond donors (Lipinski definition) is 1. The fourth-order valence-corrected chi connectivity index (χ4v) is 5.26. The summed E-state index contributed by atoms with van der Waals surface area (Å²) in [5, 5.41) is 0. The van der Waals surface area contributed by atoms with Gasteiger partial charge in [0.1, 0.15) is 6.61 Å². The molecule has 1 heterocycles. The summed E-state index contributed by atoms with van der Waals surface area (Å²) in [6, 6.07) is 19.6. The molecule has 3 aromatic carbocycles. The van der Waals surface area contributed by atoms with Crippen LogP contribution in [0.2, 0.25) is 0 Å². The molecular weight excluding hydrogens is 505 g/mol. The maximum Gasteiger partial charge on any atom is 1.00 e. The van der Waals surface area contributed by atoms with Crippen LogP contribution in [0.15, 0.2) is 60.7 Å². The van der Waals surface area contributed by atoms with E-state index in [1.54, 1.807) is 24.0 Å². The predicted molar refractivity (Wildman–Crippen MR) is 137 cm³/mol. The molecule has 1 aliphatic carbocycles. The first kappa shape index (κ1) is 28.0. The number of fused-ring (bicyclic) bond motifs is 3. The van der Waals surface area contributed by atoms with Gasteiger partial charge in [0.15, 0.2) is 0 Å². The van der Waals surface area contributed by atoms with Gasteiger partial charge in [-0.05, 0) is 46.9 Å². The van der Waals surface area contributed by atoms with Crippen molar-refractivity contribution in [2.75, 3.05) is 43.4 Å². The monoisotopic (exact) mass is 533 g/mol. The Morgan fingerprint density at radius 2 is 1.54 bits per heavy atom. The second-order valence-corrected chi connectivity index (χ2v) is 9.51. The number of nitrogens with zero attached hydrogens (tertiary/aromatic N) is 2. The fraction of sp³-hybridized carbons (Fsp3) is 0.296. The van der Waals surface area contributed by atoms with E-state index in [0.29, 0.717) is 43.1 Å². The summed E-state index contributed by atoms with van der Waals surface area (Å²) < 4.78 is 45.0. The van der Waals surface area contributed by atoms with Crippen molar-refractivity contribution in [1.82, 2.24) is 4.90 Å². The quantitative estimate of drug-likeness (QED) is 0.405. The number of amides is 1. The Morgan fingerprint density at radius 3 is 2.11 bits per heavy atom. The summed E-state index contributed by atoms with van der Waals surface area (Å²) in [6.07, 6.45) is -1.33. The molecule has 0 unspecified atom stereocenters. The Balaban J connectivity index is 0.00000320. The molecule has 0 aromatic heterocycles. The summed E-state index contributed by atoms with van der Waals surface area (Å²) in [5.74, 6) is -0.00757.